The molecule has 2 amide bonds. The summed E-state index contributed by atoms with van der Waals surface area (Å²) in [5.41, 5.74) is 8.19. The quantitative estimate of drug-likeness (QED) is 0.0441. The molecule has 0 unspecified atom stereocenters. The van der Waals surface area contributed by atoms with Crippen molar-refractivity contribution in [2.24, 2.45) is 10.9 Å². The fraction of sp³-hybridized carbons (Fsp3) is 0.500. The van der Waals surface area contributed by atoms with Crippen molar-refractivity contribution in [3.8, 4) is 5.75 Å². The smallest absolute Gasteiger partial charge is 0.418 e. The molecule has 0 spiro atoms. The number of carbonyl (C=O) groups excluding carboxylic acids is 2. The Morgan fingerprint density at radius 1 is 1.31 bits per heavy atom. The standard InChI is InChI=1S/C28H36N8O11S2/c1-26(2)20(23(39)36(26)47-49(42,43)44)34-22(38)19(16-11-48-25(30)33-16)35-46-27(3,24(40)41)18-7-5-13-8-14(4-6-17(13)45-18)21(29)32-15-9-28(31,10-15)12-37/h4,6,8,11,15,18,20,37H,5,7,9-10,12,31H2,1-3H3,(H2,29,32)(H2,30,33)(H,34,38)(H,40,41)(H,42,43,44)/b35-19-/t15?,18-,20-,27+,28?/m1/s1. The molecule has 1 saturated heterocycles. The van der Waals surface area contributed by atoms with Crippen LogP contribution >= 0.6 is 11.3 Å². The number of benzene rings is 1. The summed E-state index contributed by atoms with van der Waals surface area (Å²) in [4.78, 5) is 48.2. The van der Waals surface area contributed by atoms with E-state index in [0.717, 1.165) is 16.9 Å². The number of nitrogens with two attached hydrogens (primary N) is 2. The van der Waals surface area contributed by atoms with E-state index in [-0.39, 0.29) is 35.7 Å². The van der Waals surface area contributed by atoms with Crippen molar-refractivity contribution in [2.75, 3.05) is 12.3 Å². The molecular weight excluding hydrogens is 688 g/mol. The molecule has 10 N–H and O–H groups in total. The van der Waals surface area contributed by atoms with E-state index in [2.05, 4.69) is 25.1 Å². The van der Waals surface area contributed by atoms with Crippen LogP contribution in [-0.4, -0.2) is 104 Å². The van der Waals surface area contributed by atoms with Crippen LogP contribution in [-0.2, 0) is 40.3 Å². The molecule has 3 heterocycles. The van der Waals surface area contributed by atoms with E-state index in [1.54, 1.807) is 18.2 Å². The maximum Gasteiger partial charge on any atom is 0.418 e. The fourth-order valence-corrected chi connectivity index (χ4v) is 6.77. The van der Waals surface area contributed by atoms with E-state index in [9.17, 15) is 33.0 Å². The van der Waals surface area contributed by atoms with Crippen LogP contribution in [0.5, 0.6) is 5.75 Å². The van der Waals surface area contributed by atoms with Gasteiger partial charge in [0.05, 0.1) is 12.1 Å². The molecule has 0 bridgehead atoms. The van der Waals surface area contributed by atoms with Crippen LogP contribution in [0.4, 0.5) is 5.13 Å². The Hall–Kier alpha value is -4.41. The molecule has 1 aliphatic carbocycles. The van der Waals surface area contributed by atoms with Gasteiger partial charge in [-0.15, -0.1) is 15.6 Å². The van der Waals surface area contributed by atoms with Crippen molar-refractivity contribution in [3.05, 3.63) is 40.4 Å². The molecule has 0 radical (unpaired) electrons. The molecule has 266 valence electrons. The van der Waals surface area contributed by atoms with Crippen LogP contribution in [0.3, 0.4) is 0 Å². The second-order valence-electron chi connectivity index (χ2n) is 12.8. The number of ether oxygens (including phenoxy) is 1. The Bertz CT molecular complexity index is 1830. The van der Waals surface area contributed by atoms with Crippen molar-refractivity contribution in [3.63, 3.8) is 0 Å². The minimum atomic E-state index is -5.04. The number of aliphatic carboxylic acids is 1. The number of nitrogen functional groups attached to an aromatic ring is 1. The number of aliphatic hydroxyl groups excluding tert-OH is 1. The first-order valence-electron chi connectivity index (χ1n) is 14.8. The minimum Gasteiger partial charge on any atom is -0.485 e. The lowest BCUT2D eigenvalue weighted by molar-refractivity contribution is -0.218. The third kappa shape index (κ3) is 7.16. The van der Waals surface area contributed by atoms with Crippen LogP contribution in [0.1, 0.15) is 56.9 Å². The Morgan fingerprint density at radius 3 is 2.57 bits per heavy atom. The maximum absolute atomic E-state index is 13.4. The van der Waals surface area contributed by atoms with Gasteiger partial charge in [0, 0.05) is 22.5 Å². The zero-order chi connectivity index (χ0) is 36.1. The number of oxime groups is 1. The van der Waals surface area contributed by atoms with Gasteiger partial charge in [-0.1, -0.05) is 5.16 Å². The number of aliphatic hydroxyl groups is 1. The van der Waals surface area contributed by atoms with Crippen molar-refractivity contribution >= 4 is 56.2 Å². The third-order valence-electron chi connectivity index (χ3n) is 8.73. The van der Waals surface area contributed by atoms with Crippen LogP contribution in [0, 0.1) is 5.41 Å². The SMILES string of the molecule is CC1(C)[C@H](NC(=O)/C(=N\O[C@](C)(C(=O)O)[C@H]2CCc3cc(C(=N)NC4CC(N)(CO)C4)ccc3O2)c2csc(N)n2)C(=O)N1OS(=O)(=O)O. The average Bonchev–Trinajstić information content (AvgIpc) is 3.45. The summed E-state index contributed by atoms with van der Waals surface area (Å²) in [6, 6.07) is 3.63. The molecule has 19 nitrogen and oxygen atoms in total. The summed E-state index contributed by atoms with van der Waals surface area (Å²) in [5, 5.41) is 39.2. The summed E-state index contributed by atoms with van der Waals surface area (Å²) in [5.74, 6) is -2.97. The largest absolute Gasteiger partial charge is 0.485 e. The van der Waals surface area contributed by atoms with Gasteiger partial charge in [0.1, 0.15) is 23.3 Å². The summed E-state index contributed by atoms with van der Waals surface area (Å²) < 4.78 is 41.7. The highest BCUT2D eigenvalue weighted by atomic mass is 32.3. The molecule has 21 heteroatoms. The fourth-order valence-electron chi connectivity index (χ4n) is 5.77. The van der Waals surface area contributed by atoms with Gasteiger partial charge in [-0.05, 0) is 70.2 Å². The number of nitrogens with one attached hydrogen (secondary N) is 3. The number of anilines is 1. The summed E-state index contributed by atoms with van der Waals surface area (Å²) in [6.07, 6.45) is 0.466. The predicted octanol–water partition coefficient (Wildman–Crippen LogP) is -0.710. The lowest BCUT2D eigenvalue weighted by atomic mass is 9.74. The molecule has 5 rings (SSSR count). The number of amides is 2. The van der Waals surface area contributed by atoms with Crippen LogP contribution < -0.4 is 26.8 Å². The number of carbonyl (C=O) groups is 3. The topological polar surface area (TPSA) is 302 Å². The first-order chi connectivity index (χ1) is 22.8. The predicted molar refractivity (Wildman–Crippen MR) is 172 cm³/mol. The first kappa shape index (κ1) is 35.9. The lowest BCUT2D eigenvalue weighted by Gasteiger charge is -2.50. The molecule has 49 heavy (non-hydrogen) atoms. The highest BCUT2D eigenvalue weighted by molar-refractivity contribution is 7.80. The van der Waals surface area contributed by atoms with Gasteiger partial charge in [0.25, 0.3) is 17.4 Å². The number of fused-ring (bicyclic) bond motifs is 1. The maximum atomic E-state index is 13.4. The first-order valence-corrected chi connectivity index (χ1v) is 17.1. The number of rotatable bonds is 12. The van der Waals surface area contributed by atoms with Crippen molar-refractivity contribution in [1.29, 1.82) is 5.41 Å². The highest BCUT2D eigenvalue weighted by Gasteiger charge is 2.58. The molecule has 1 aromatic carbocycles. The number of β-lactam (4-membered cyclic amide) rings is 1. The zero-order valence-electron chi connectivity index (χ0n) is 26.5. The normalized spacial score (nSPS) is 25.8. The van der Waals surface area contributed by atoms with Crippen LogP contribution in [0.25, 0.3) is 0 Å². The molecular formula is C28H36N8O11S2. The minimum absolute atomic E-state index is 0.0440. The summed E-state index contributed by atoms with van der Waals surface area (Å²) in [7, 11) is -5.04. The third-order valence-corrected chi connectivity index (χ3v) is 9.74. The van der Waals surface area contributed by atoms with E-state index in [1.807, 2.05) is 0 Å². The number of carboxylic acids is 1. The molecule has 2 aliphatic heterocycles. The summed E-state index contributed by atoms with van der Waals surface area (Å²) >= 11 is 0.952. The van der Waals surface area contributed by atoms with E-state index in [0.29, 0.717) is 35.6 Å². The number of carboxylic acid groups (broad SMARTS) is 1. The molecule has 2 fully saturated rings. The average molecular weight is 725 g/mol. The number of amidine groups is 1. The Morgan fingerprint density at radius 2 is 2.00 bits per heavy atom. The number of hydrogen-bond acceptors (Lipinski definition) is 15. The molecule has 1 aromatic heterocycles. The molecule has 3 atom stereocenters. The van der Waals surface area contributed by atoms with Crippen molar-refractivity contribution < 1.29 is 51.4 Å². The van der Waals surface area contributed by atoms with Gasteiger partial charge in [-0.2, -0.15) is 13.5 Å². The zero-order valence-corrected chi connectivity index (χ0v) is 28.1. The highest BCUT2D eigenvalue weighted by Crippen LogP contribution is 2.36. The lowest BCUT2D eigenvalue weighted by Crippen LogP contribution is -2.76. The Kier molecular flexibility index (Phi) is 9.38. The number of hydrogen-bond donors (Lipinski definition) is 8. The number of nitrogens with zero attached hydrogens (tertiary/aromatic N) is 3. The number of aromatic nitrogens is 1. The Labute approximate surface area is 284 Å². The number of aryl methyl sites for hydroxylation is 1. The van der Waals surface area contributed by atoms with E-state index < -0.39 is 62.7 Å². The van der Waals surface area contributed by atoms with Gasteiger partial charge in [0.2, 0.25) is 0 Å². The van der Waals surface area contributed by atoms with Gasteiger partial charge in [-0.3, -0.25) is 19.6 Å². The Balaban J connectivity index is 1.32. The van der Waals surface area contributed by atoms with E-state index in [1.165, 1.54) is 26.2 Å². The molecule has 3 aliphatic rings. The van der Waals surface area contributed by atoms with Gasteiger partial charge < -0.3 is 41.9 Å². The van der Waals surface area contributed by atoms with Gasteiger partial charge >= 0.3 is 16.4 Å². The number of thiazole rings is 1. The molecule has 1 saturated carbocycles. The summed E-state index contributed by atoms with van der Waals surface area (Å²) in [6.45, 7) is 3.81. The monoisotopic (exact) mass is 724 g/mol. The van der Waals surface area contributed by atoms with Crippen molar-refractivity contribution in [2.45, 2.75) is 81.3 Å². The van der Waals surface area contributed by atoms with E-state index in [4.69, 9.17) is 31.0 Å². The van der Waals surface area contributed by atoms with Gasteiger partial charge in [0.15, 0.2) is 16.9 Å². The van der Waals surface area contributed by atoms with Crippen molar-refractivity contribution in [1.82, 2.24) is 20.7 Å². The second kappa shape index (κ2) is 12.8. The van der Waals surface area contributed by atoms with Crippen LogP contribution in [0.15, 0.2) is 28.7 Å². The van der Waals surface area contributed by atoms with E-state index >= 15 is 0 Å². The van der Waals surface area contributed by atoms with Crippen LogP contribution in [0.2, 0.25) is 0 Å². The molecule has 2 aromatic rings. The number of hydroxylamine groups is 2. The second-order valence-corrected chi connectivity index (χ2v) is 14.7. The van der Waals surface area contributed by atoms with Gasteiger partial charge in [-0.25, -0.2) is 9.78 Å².